The van der Waals surface area contributed by atoms with E-state index in [1.54, 1.807) is 4.90 Å². The van der Waals surface area contributed by atoms with Gasteiger partial charge in [-0.3, -0.25) is 0 Å². The zero-order chi connectivity index (χ0) is 13.9. The molecule has 108 valence electrons. The van der Waals surface area contributed by atoms with Gasteiger partial charge < -0.3 is 15.3 Å². The van der Waals surface area contributed by atoms with Crippen LogP contribution in [-0.4, -0.2) is 35.2 Å². The van der Waals surface area contributed by atoms with Crippen LogP contribution in [0.15, 0.2) is 24.3 Å². The SMILES string of the molecule is O=C(NC1CCCC1)N1CCc2ccccc2C1CO. The van der Waals surface area contributed by atoms with Crippen LogP contribution in [0.4, 0.5) is 4.79 Å². The van der Waals surface area contributed by atoms with Gasteiger partial charge in [-0.1, -0.05) is 37.1 Å². The number of hydrogen-bond acceptors (Lipinski definition) is 2. The van der Waals surface area contributed by atoms with E-state index in [0.717, 1.165) is 24.8 Å². The molecule has 3 rings (SSSR count). The third-order valence-corrected chi connectivity index (χ3v) is 4.53. The zero-order valence-corrected chi connectivity index (χ0v) is 11.7. The number of urea groups is 1. The molecule has 1 aromatic rings. The normalized spacial score (nSPS) is 22.6. The summed E-state index contributed by atoms with van der Waals surface area (Å²) < 4.78 is 0. The summed E-state index contributed by atoms with van der Waals surface area (Å²) in [6, 6.07) is 8.18. The Morgan fingerprint density at radius 1 is 1.30 bits per heavy atom. The first-order chi connectivity index (χ1) is 9.79. The second kappa shape index (κ2) is 5.83. The average Bonchev–Trinajstić information content (AvgIpc) is 2.98. The molecule has 1 unspecified atom stereocenters. The number of hydrogen-bond donors (Lipinski definition) is 2. The molecular formula is C16H22N2O2. The van der Waals surface area contributed by atoms with Crippen molar-refractivity contribution in [3.63, 3.8) is 0 Å². The van der Waals surface area contributed by atoms with Crippen molar-refractivity contribution in [1.82, 2.24) is 10.2 Å². The quantitative estimate of drug-likeness (QED) is 0.869. The largest absolute Gasteiger partial charge is 0.394 e. The molecule has 1 aliphatic carbocycles. The highest BCUT2D eigenvalue weighted by Gasteiger charge is 2.31. The lowest BCUT2D eigenvalue weighted by Gasteiger charge is -2.37. The molecule has 2 amide bonds. The number of carbonyl (C=O) groups excluding carboxylic acids is 1. The highest BCUT2D eigenvalue weighted by atomic mass is 16.3. The van der Waals surface area contributed by atoms with Crippen molar-refractivity contribution >= 4 is 6.03 Å². The molecule has 0 bridgehead atoms. The number of fused-ring (bicyclic) bond motifs is 1. The minimum Gasteiger partial charge on any atom is -0.394 e. The van der Waals surface area contributed by atoms with Crippen LogP contribution >= 0.6 is 0 Å². The fourth-order valence-electron chi connectivity index (χ4n) is 3.42. The minimum atomic E-state index is -0.207. The van der Waals surface area contributed by atoms with Crippen molar-refractivity contribution in [3.8, 4) is 0 Å². The number of amides is 2. The summed E-state index contributed by atoms with van der Waals surface area (Å²) in [6.45, 7) is 0.663. The molecule has 1 heterocycles. The molecule has 1 saturated carbocycles. The molecule has 0 saturated heterocycles. The van der Waals surface area contributed by atoms with Gasteiger partial charge in [0.15, 0.2) is 0 Å². The van der Waals surface area contributed by atoms with E-state index in [4.69, 9.17) is 0 Å². The van der Waals surface area contributed by atoms with Gasteiger partial charge in [0, 0.05) is 12.6 Å². The number of rotatable bonds is 2. The van der Waals surface area contributed by atoms with Gasteiger partial charge in [0.2, 0.25) is 0 Å². The molecule has 4 heteroatoms. The van der Waals surface area contributed by atoms with Gasteiger partial charge in [-0.05, 0) is 30.4 Å². The van der Waals surface area contributed by atoms with E-state index in [-0.39, 0.29) is 18.7 Å². The Labute approximate surface area is 119 Å². The Hall–Kier alpha value is -1.55. The number of nitrogens with one attached hydrogen (secondary N) is 1. The van der Waals surface area contributed by atoms with Crippen LogP contribution in [0.1, 0.15) is 42.9 Å². The molecule has 0 radical (unpaired) electrons. The molecule has 2 N–H and O–H groups in total. The summed E-state index contributed by atoms with van der Waals surface area (Å²) >= 11 is 0. The van der Waals surface area contributed by atoms with Crippen LogP contribution in [0.3, 0.4) is 0 Å². The first-order valence-electron chi connectivity index (χ1n) is 7.55. The van der Waals surface area contributed by atoms with Gasteiger partial charge in [0.1, 0.15) is 0 Å². The smallest absolute Gasteiger partial charge is 0.318 e. The molecular weight excluding hydrogens is 252 g/mol. The lowest BCUT2D eigenvalue weighted by Crippen LogP contribution is -2.49. The number of carbonyl (C=O) groups is 1. The monoisotopic (exact) mass is 274 g/mol. The zero-order valence-electron chi connectivity index (χ0n) is 11.7. The Kier molecular flexibility index (Phi) is 3.92. The van der Waals surface area contributed by atoms with Crippen LogP contribution in [-0.2, 0) is 6.42 Å². The van der Waals surface area contributed by atoms with E-state index >= 15 is 0 Å². The third-order valence-electron chi connectivity index (χ3n) is 4.53. The van der Waals surface area contributed by atoms with Crippen molar-refractivity contribution in [2.24, 2.45) is 0 Å². The molecule has 20 heavy (non-hydrogen) atoms. The van der Waals surface area contributed by atoms with Crippen LogP contribution in [0.5, 0.6) is 0 Å². The van der Waals surface area contributed by atoms with E-state index in [1.165, 1.54) is 18.4 Å². The molecule has 4 nitrogen and oxygen atoms in total. The number of aliphatic hydroxyl groups excluding tert-OH is 1. The van der Waals surface area contributed by atoms with Crippen LogP contribution in [0.2, 0.25) is 0 Å². The van der Waals surface area contributed by atoms with Gasteiger partial charge in [-0.2, -0.15) is 0 Å². The fourth-order valence-corrected chi connectivity index (χ4v) is 3.42. The molecule has 0 aromatic heterocycles. The maximum atomic E-state index is 12.4. The Bertz CT molecular complexity index is 483. The number of nitrogens with zero attached hydrogens (tertiary/aromatic N) is 1. The van der Waals surface area contributed by atoms with Gasteiger partial charge in [0.05, 0.1) is 12.6 Å². The molecule has 1 aliphatic heterocycles. The second-order valence-electron chi connectivity index (χ2n) is 5.77. The third kappa shape index (κ3) is 2.52. The predicted molar refractivity (Wildman–Crippen MR) is 77.5 cm³/mol. The number of aliphatic hydroxyl groups is 1. The molecule has 1 aromatic carbocycles. The summed E-state index contributed by atoms with van der Waals surface area (Å²) in [4.78, 5) is 14.2. The topological polar surface area (TPSA) is 52.6 Å². The van der Waals surface area contributed by atoms with Crippen molar-refractivity contribution in [1.29, 1.82) is 0 Å². The summed E-state index contributed by atoms with van der Waals surface area (Å²) in [5.41, 5.74) is 2.33. The highest BCUT2D eigenvalue weighted by Crippen LogP contribution is 2.29. The van der Waals surface area contributed by atoms with E-state index in [0.29, 0.717) is 12.6 Å². The summed E-state index contributed by atoms with van der Waals surface area (Å²) in [7, 11) is 0. The lowest BCUT2D eigenvalue weighted by molar-refractivity contribution is 0.125. The van der Waals surface area contributed by atoms with Gasteiger partial charge >= 0.3 is 6.03 Å². The summed E-state index contributed by atoms with van der Waals surface area (Å²) in [6.07, 6.45) is 5.44. The van der Waals surface area contributed by atoms with E-state index < -0.39 is 0 Å². The van der Waals surface area contributed by atoms with Crippen LogP contribution in [0, 0.1) is 0 Å². The van der Waals surface area contributed by atoms with Gasteiger partial charge in [0.25, 0.3) is 0 Å². The predicted octanol–water partition coefficient (Wildman–Crippen LogP) is 2.23. The summed E-state index contributed by atoms with van der Waals surface area (Å²) in [5.74, 6) is 0. The van der Waals surface area contributed by atoms with Crippen LogP contribution in [0.25, 0.3) is 0 Å². The standard InChI is InChI=1S/C16H22N2O2/c19-11-15-14-8-4-1-5-12(14)9-10-18(15)16(20)17-13-6-2-3-7-13/h1,4-5,8,13,15,19H,2-3,6-7,9-11H2,(H,17,20). The molecule has 1 atom stereocenters. The Morgan fingerprint density at radius 3 is 2.80 bits per heavy atom. The minimum absolute atomic E-state index is 0.0188. The molecule has 2 aliphatic rings. The van der Waals surface area contributed by atoms with Crippen molar-refractivity contribution in [2.45, 2.75) is 44.2 Å². The Morgan fingerprint density at radius 2 is 2.05 bits per heavy atom. The molecule has 0 spiro atoms. The van der Waals surface area contributed by atoms with Crippen molar-refractivity contribution < 1.29 is 9.90 Å². The Balaban J connectivity index is 1.75. The first kappa shape index (κ1) is 13.4. The fraction of sp³-hybridized carbons (Fsp3) is 0.562. The van der Waals surface area contributed by atoms with Crippen molar-refractivity contribution in [3.05, 3.63) is 35.4 Å². The van der Waals surface area contributed by atoms with Gasteiger partial charge in [-0.15, -0.1) is 0 Å². The lowest BCUT2D eigenvalue weighted by atomic mass is 9.93. The maximum Gasteiger partial charge on any atom is 0.318 e. The van der Waals surface area contributed by atoms with Crippen molar-refractivity contribution in [2.75, 3.05) is 13.2 Å². The van der Waals surface area contributed by atoms with Crippen LogP contribution < -0.4 is 5.32 Å². The first-order valence-corrected chi connectivity index (χ1v) is 7.55. The number of benzene rings is 1. The summed E-state index contributed by atoms with van der Waals surface area (Å²) in [5, 5.41) is 12.8. The second-order valence-corrected chi connectivity index (χ2v) is 5.77. The average molecular weight is 274 g/mol. The molecule has 1 fully saturated rings. The highest BCUT2D eigenvalue weighted by molar-refractivity contribution is 5.75. The van der Waals surface area contributed by atoms with Gasteiger partial charge in [-0.25, -0.2) is 4.79 Å². The van der Waals surface area contributed by atoms with E-state index in [9.17, 15) is 9.90 Å². The van der Waals surface area contributed by atoms with E-state index in [2.05, 4.69) is 11.4 Å². The van der Waals surface area contributed by atoms with E-state index in [1.807, 2.05) is 18.2 Å². The maximum absolute atomic E-state index is 12.4.